The largest absolute Gasteiger partial charge is 0.462 e. The Kier molecular flexibility index (Phi) is 24.2. The van der Waals surface area contributed by atoms with E-state index in [1.54, 1.807) is 67.1 Å². The van der Waals surface area contributed by atoms with Gasteiger partial charge in [0.25, 0.3) is 0 Å². The third-order valence-electron chi connectivity index (χ3n) is 28.6. The van der Waals surface area contributed by atoms with E-state index in [0.717, 1.165) is 18.4 Å². The molecule has 0 aromatic heterocycles. The number of ether oxygens (including phenoxy) is 12. The van der Waals surface area contributed by atoms with Crippen molar-refractivity contribution < 1.29 is 130 Å². The minimum absolute atomic E-state index is 0.0317. The summed E-state index contributed by atoms with van der Waals surface area (Å²) in [5.41, 5.74) is -8.82. The van der Waals surface area contributed by atoms with Gasteiger partial charge in [0.1, 0.15) is 64.4 Å². The maximum Gasteiger partial charge on any atom is 0.394 e. The highest BCUT2D eigenvalue weighted by Crippen LogP contribution is 2.78. The molecule has 14 rings (SSSR count). The predicted molar refractivity (Wildman–Crippen MR) is 391 cm³/mol. The van der Waals surface area contributed by atoms with E-state index in [9.17, 15) is 55.5 Å². The number of aliphatic hydroxyl groups is 9. The number of methoxy groups -OCH3 is 2. The molecule has 9 heterocycles. The maximum absolute atomic E-state index is 14.3. The van der Waals surface area contributed by atoms with Gasteiger partial charge < -0.3 is 103 Å². The van der Waals surface area contributed by atoms with Crippen LogP contribution in [-0.2, 0) is 76.8 Å². The van der Waals surface area contributed by atoms with Gasteiger partial charge in [-0.1, -0.05) is 90.5 Å². The zero-order valence-electron chi connectivity index (χ0n) is 65.9. The van der Waals surface area contributed by atoms with Gasteiger partial charge in [0.15, 0.2) is 24.5 Å². The number of aliphatic hydroxyl groups excluding tert-OH is 3. The van der Waals surface area contributed by atoms with Crippen LogP contribution in [0.25, 0.3) is 0 Å². The second-order valence-electron chi connectivity index (χ2n) is 35.1. The average Bonchev–Trinajstić information content (AvgIpc) is 1.46. The minimum Gasteiger partial charge on any atom is -0.462 e. The summed E-state index contributed by atoms with van der Waals surface area (Å²) in [6, 6.07) is -0.387. The van der Waals surface area contributed by atoms with Gasteiger partial charge in [0, 0.05) is 112 Å². The van der Waals surface area contributed by atoms with E-state index in [1.807, 2.05) is 39.0 Å². The van der Waals surface area contributed by atoms with E-state index < -0.39 is 176 Å². The number of allylic oxidation sites excluding steroid dienone is 3. The van der Waals surface area contributed by atoms with Gasteiger partial charge in [-0.3, -0.25) is 18.8 Å². The summed E-state index contributed by atoms with van der Waals surface area (Å²) in [6.45, 7) is 26.1. The standard InChI is InChI=1S/C48H72O14.C32H49NO9.H2O4S/c1-11-25(2)43-28(5)17-18-47(62-43)23-34-20-33(61-47)16-15-27(4)42(26(3)13-12-14-32-24-55-45-40(49)29(6)19-35(46(51)58-34)48(32,45)52)59-39-22-37(54-10)44(31(8)57-39)60-38-21-36(53-9)41(50)30(7)56-38;1-6-18(3)25(35)41-24-11-12-26(4)19-8-9-20-28(37)13-23(34)31(39)21(29(28,38)16-30(20,26)42-32(19,24)40)15-33-14-17(2)7-10-22(33)27(31,5)36;1-5(2,3)4/h12-15,17-19,25-26,28,30-31,33-45,49-50,52H,11,16,20-24H2,1-10H3;6,17,19-24,34,36-40H,7-16H2,1-5H3;(H2,1,2,3,4). The SMILES string of the molecule is CC=C(C)C(=O)OC1CCC2(C)C3CCC4C5(O)CC(O)C6(O)C(CN7CC(C)CCC7C6(C)O)C5(O)CC42OC13O.CCC(C)C1OC2(C=CC1C)CC1CC(CC=C(C)C(OC3CC(OC)C(OC4CC(OC)C(O)C(C)O4)C(C)O3)C(C)C=CC=C3COC4C(O)C(C)=CC(C(=O)O1)C34O)O2.O=S(=O)(O)O. The molecule has 29 heteroatoms. The third kappa shape index (κ3) is 14.7. The fourth-order valence-electron chi connectivity index (χ4n) is 22.3. The molecular formula is C80H123NO27S. The third-order valence-corrected chi connectivity index (χ3v) is 28.6. The molecule has 14 aliphatic rings. The molecule has 0 amide bonds. The van der Waals surface area contributed by atoms with Crippen LogP contribution in [0.4, 0.5) is 0 Å². The highest BCUT2D eigenvalue weighted by atomic mass is 32.3. The smallest absolute Gasteiger partial charge is 0.394 e. The molecule has 0 aromatic carbocycles. The van der Waals surface area contributed by atoms with E-state index in [1.165, 1.54) is 0 Å². The van der Waals surface area contributed by atoms with Crippen molar-refractivity contribution in [2.24, 2.45) is 52.8 Å². The van der Waals surface area contributed by atoms with Crippen LogP contribution in [0.5, 0.6) is 0 Å². The lowest BCUT2D eigenvalue weighted by atomic mass is 9.49. The molecule has 7 saturated heterocycles. The molecule has 28 nitrogen and oxygen atoms in total. The monoisotopic (exact) mass is 1560 g/mol. The summed E-state index contributed by atoms with van der Waals surface area (Å²) in [6.07, 6.45) is 10.8. The highest BCUT2D eigenvalue weighted by molar-refractivity contribution is 7.79. The van der Waals surface area contributed by atoms with Crippen LogP contribution < -0.4 is 0 Å². The first-order valence-electron chi connectivity index (χ1n) is 39.6. The zero-order chi connectivity index (χ0) is 79.6. The number of rotatable bonds is 10. The molecule has 5 aliphatic carbocycles. The van der Waals surface area contributed by atoms with E-state index in [2.05, 4.69) is 51.7 Å². The van der Waals surface area contributed by atoms with Gasteiger partial charge in [0.05, 0.1) is 61.0 Å². The molecule has 34 atom stereocenters. The van der Waals surface area contributed by atoms with Gasteiger partial charge in [-0.2, -0.15) is 8.42 Å². The van der Waals surface area contributed by atoms with Gasteiger partial charge in [-0.15, -0.1) is 0 Å². The first-order chi connectivity index (χ1) is 51.0. The molecule has 11 N–H and O–H groups in total. The first kappa shape index (κ1) is 84.8. The Bertz CT molecular complexity index is 3630. The second kappa shape index (κ2) is 31.1. The predicted octanol–water partition coefficient (Wildman–Crippen LogP) is 5.72. The molecule has 4 saturated carbocycles. The Hall–Kier alpha value is -3.55. The number of hydrogen-bond acceptors (Lipinski definition) is 26. The summed E-state index contributed by atoms with van der Waals surface area (Å²) >= 11 is 0. The van der Waals surface area contributed by atoms with Crippen molar-refractivity contribution in [2.75, 3.05) is 33.9 Å². The van der Waals surface area contributed by atoms with Crippen molar-refractivity contribution in [1.82, 2.24) is 4.90 Å². The number of nitrogens with zero attached hydrogens (tertiary/aromatic N) is 1. The van der Waals surface area contributed by atoms with Crippen LogP contribution in [0.2, 0.25) is 0 Å². The summed E-state index contributed by atoms with van der Waals surface area (Å²) < 4.78 is 108. The Morgan fingerprint density at radius 3 is 2.15 bits per heavy atom. The van der Waals surface area contributed by atoms with Crippen molar-refractivity contribution in [3.63, 3.8) is 0 Å². The maximum atomic E-state index is 14.3. The molecule has 2 spiro atoms. The number of carbonyl (C=O) groups excluding carboxylic acids is 2. The number of fused-ring (bicyclic) bond motifs is 7. The lowest BCUT2D eigenvalue weighted by molar-refractivity contribution is -0.354. The fraction of sp³-hybridized carbons (Fsp3) is 0.825. The van der Waals surface area contributed by atoms with Gasteiger partial charge >= 0.3 is 22.3 Å². The van der Waals surface area contributed by atoms with Crippen molar-refractivity contribution in [2.45, 2.75) is 329 Å². The summed E-state index contributed by atoms with van der Waals surface area (Å²) in [5.74, 6) is -6.61. The number of esters is 2. The summed E-state index contributed by atoms with van der Waals surface area (Å²) in [4.78, 5) is 29.2. The molecule has 6 bridgehead atoms. The summed E-state index contributed by atoms with van der Waals surface area (Å²) in [5, 5.41) is 108. The highest BCUT2D eigenvalue weighted by Gasteiger charge is 2.89. The molecular weight excluding hydrogens is 1440 g/mol. The van der Waals surface area contributed by atoms with Crippen LogP contribution in [0.15, 0.2) is 70.9 Å². The van der Waals surface area contributed by atoms with E-state index in [0.29, 0.717) is 93.4 Å². The Labute approximate surface area is 641 Å². The molecule has 0 radical (unpaired) electrons. The molecule has 0 aromatic rings. The van der Waals surface area contributed by atoms with Gasteiger partial charge in [0.2, 0.25) is 5.79 Å². The van der Waals surface area contributed by atoms with Crippen LogP contribution >= 0.6 is 0 Å². The second-order valence-corrected chi connectivity index (χ2v) is 36.0. The van der Waals surface area contributed by atoms with Crippen LogP contribution in [0, 0.1) is 52.8 Å². The zero-order valence-corrected chi connectivity index (χ0v) is 66.7. The minimum atomic E-state index is -4.67. The molecule has 9 aliphatic heterocycles. The van der Waals surface area contributed by atoms with Crippen molar-refractivity contribution in [1.29, 1.82) is 0 Å². The Balaban J connectivity index is 0.000000203. The van der Waals surface area contributed by atoms with Gasteiger partial charge in [-0.05, 0) is 128 Å². The quantitative estimate of drug-likeness (QED) is 0.0539. The van der Waals surface area contributed by atoms with E-state index in [4.69, 9.17) is 74.4 Å². The lowest BCUT2D eigenvalue weighted by Crippen LogP contribution is -2.85. The van der Waals surface area contributed by atoms with Crippen LogP contribution in [0.3, 0.4) is 0 Å². The number of carbonyl (C=O) groups is 2. The van der Waals surface area contributed by atoms with Crippen LogP contribution in [-0.4, -0.2) is 263 Å². The van der Waals surface area contributed by atoms with Gasteiger partial charge in [-0.25, -0.2) is 4.79 Å². The summed E-state index contributed by atoms with van der Waals surface area (Å²) in [7, 11) is -1.45. The molecule has 616 valence electrons. The number of piperidine rings is 2. The van der Waals surface area contributed by atoms with E-state index >= 15 is 0 Å². The molecule has 34 unspecified atom stereocenters. The van der Waals surface area contributed by atoms with Crippen LogP contribution in [0.1, 0.15) is 180 Å². The topological polar surface area (TPSA) is 405 Å². The Morgan fingerprint density at radius 2 is 1.47 bits per heavy atom. The van der Waals surface area contributed by atoms with Crippen molar-refractivity contribution >= 4 is 22.3 Å². The molecule has 11 fully saturated rings. The number of hydrogen-bond donors (Lipinski definition) is 11. The Morgan fingerprint density at radius 1 is 0.798 bits per heavy atom. The van der Waals surface area contributed by atoms with E-state index in [-0.39, 0.29) is 68.1 Å². The first-order valence-corrected chi connectivity index (χ1v) is 41.0. The average molecular weight is 1560 g/mol. The normalized spacial score (nSPS) is 50.5. The lowest BCUT2D eigenvalue weighted by Gasteiger charge is -2.68. The van der Waals surface area contributed by atoms with Crippen molar-refractivity contribution in [3.05, 3.63) is 70.9 Å². The fourth-order valence-corrected chi connectivity index (χ4v) is 22.3. The van der Waals surface area contributed by atoms with Crippen molar-refractivity contribution in [3.8, 4) is 0 Å². The molecule has 109 heavy (non-hydrogen) atoms.